The molecule has 0 unspecified atom stereocenters. The van der Waals surface area contributed by atoms with Crippen LogP contribution in [0.25, 0.3) is 0 Å². The van der Waals surface area contributed by atoms with Crippen molar-refractivity contribution in [1.82, 2.24) is 0 Å². The average Bonchev–Trinajstić information content (AvgIpc) is 2.76. The summed E-state index contributed by atoms with van der Waals surface area (Å²) >= 11 is 0. The smallest absolute Gasteiger partial charge is 0.374 e. The molecule has 0 amide bonds. The molecule has 0 spiro atoms. The van der Waals surface area contributed by atoms with Crippen molar-refractivity contribution in [2.75, 3.05) is 0 Å². The van der Waals surface area contributed by atoms with Crippen molar-refractivity contribution >= 4 is 0 Å². The van der Waals surface area contributed by atoms with E-state index >= 15 is 0 Å². The Labute approximate surface area is 249 Å². The zero-order valence-electron chi connectivity index (χ0n) is 22.3. The molecule has 48 heavy (non-hydrogen) atoms. The summed E-state index contributed by atoms with van der Waals surface area (Å²) in [6.45, 7) is 0. The highest BCUT2D eigenvalue weighted by atomic mass is 19.4. The van der Waals surface area contributed by atoms with Crippen molar-refractivity contribution in [2.45, 2.75) is 110 Å². The average molecular weight is 778 g/mol. The molecule has 0 bridgehead atoms. The van der Waals surface area contributed by atoms with E-state index in [-0.39, 0.29) is 0 Å². The van der Waals surface area contributed by atoms with Gasteiger partial charge in [-0.1, -0.05) is 0 Å². The number of hydrogen-bond acceptors (Lipinski definition) is 4. The van der Waals surface area contributed by atoms with Crippen LogP contribution in [0.4, 0.5) is 105 Å². The number of halogens is 24. The topological polar surface area (TPSA) is 80.9 Å². The maximum atomic E-state index is 13.2. The Morgan fingerprint density at radius 1 is 0.250 bits per heavy atom. The minimum Gasteiger partial charge on any atom is -0.374 e. The Balaban J connectivity index is 7.55. The molecule has 0 aliphatic carbocycles. The Kier molecular flexibility index (Phi) is 12.5. The number of hydrogen-bond donors (Lipinski definition) is 4. The van der Waals surface area contributed by atoms with Crippen LogP contribution in [0.5, 0.6) is 0 Å². The fraction of sp³-hybridized carbons (Fsp3) is 1.00. The Morgan fingerprint density at radius 2 is 0.354 bits per heavy atom. The van der Waals surface area contributed by atoms with Gasteiger partial charge in [0.05, 0.1) is 0 Å². The van der Waals surface area contributed by atoms with E-state index in [0.29, 0.717) is 0 Å². The van der Waals surface area contributed by atoms with Crippen LogP contribution >= 0.6 is 0 Å². The van der Waals surface area contributed by atoms with Crippen LogP contribution in [-0.2, 0) is 0 Å². The zero-order chi connectivity index (χ0) is 39.4. The maximum Gasteiger partial charge on any atom is 0.426 e. The van der Waals surface area contributed by atoms with Crippen molar-refractivity contribution < 1.29 is 126 Å². The summed E-state index contributed by atoms with van der Waals surface area (Å²) in [4.78, 5) is 0. The SMILES string of the molecule is OC(CC(CCC(CC(O)(C(F)(F)F)C(F)(F)F)CC(O)(C(F)(F)F)C(F)(F)F)CC(O)(C(F)(F)F)C(F)(F)F)(C(F)(F)F)C(F)(F)F. The first kappa shape index (κ1) is 46.2. The highest BCUT2D eigenvalue weighted by molar-refractivity contribution is 5.03. The second kappa shape index (κ2) is 13.0. The van der Waals surface area contributed by atoms with Gasteiger partial charge in [-0.15, -0.1) is 0 Å². The lowest BCUT2D eigenvalue weighted by Crippen LogP contribution is -2.61. The molecule has 0 aromatic heterocycles. The zero-order valence-corrected chi connectivity index (χ0v) is 22.3. The summed E-state index contributed by atoms with van der Waals surface area (Å²) in [5.41, 5.74) is -25.8. The molecule has 4 nitrogen and oxygen atoms in total. The van der Waals surface area contributed by atoms with Crippen LogP contribution < -0.4 is 0 Å². The predicted octanol–water partition coefficient (Wildman–Crippen LogP) is 7.98. The standard InChI is InChI=1S/C20H18F24O4/c21-13(22,23)9(45,14(24,25)26)3-7(4-10(46,15(27,28)29)16(30,31)32)1-2-8(5-11(47,17(33,34)35)18(36,37)38)6-12(48,19(39,40)41)20(42,43)44/h7-8,45-48H,1-6H2. The third kappa shape index (κ3) is 9.08. The summed E-state index contributed by atoms with van der Waals surface area (Å²) < 4.78 is 316. The Morgan fingerprint density at radius 3 is 0.438 bits per heavy atom. The van der Waals surface area contributed by atoms with Gasteiger partial charge in [-0.25, -0.2) is 0 Å². The minimum absolute atomic E-state index is 2.69. The van der Waals surface area contributed by atoms with Gasteiger partial charge in [0.2, 0.25) is 0 Å². The molecule has 0 fully saturated rings. The molecular formula is C20H18F24O4. The molecule has 0 atom stereocenters. The fourth-order valence-corrected chi connectivity index (χ4v) is 4.26. The van der Waals surface area contributed by atoms with Crippen LogP contribution in [0.3, 0.4) is 0 Å². The third-order valence-corrected chi connectivity index (χ3v) is 7.07. The number of rotatable bonds is 11. The van der Waals surface area contributed by atoms with E-state index in [1.165, 1.54) is 0 Å². The first-order chi connectivity index (χ1) is 20.4. The van der Waals surface area contributed by atoms with Crippen molar-refractivity contribution in [1.29, 1.82) is 0 Å². The van der Waals surface area contributed by atoms with E-state index in [9.17, 15) is 126 Å². The molecule has 0 aliphatic heterocycles. The second-order valence-electron chi connectivity index (χ2n) is 10.5. The van der Waals surface area contributed by atoms with Crippen LogP contribution in [-0.4, -0.2) is 92.2 Å². The molecule has 0 saturated heterocycles. The summed E-state index contributed by atoms with van der Waals surface area (Å²) in [5.74, 6) is -7.99. The number of aliphatic hydroxyl groups is 4. The van der Waals surface area contributed by atoms with Crippen molar-refractivity contribution in [3.63, 3.8) is 0 Å². The van der Waals surface area contributed by atoms with Crippen LogP contribution in [0.15, 0.2) is 0 Å². The van der Waals surface area contributed by atoms with E-state index < -0.39 is 122 Å². The van der Waals surface area contributed by atoms with E-state index in [2.05, 4.69) is 0 Å². The molecule has 0 aromatic rings. The molecule has 0 heterocycles. The van der Waals surface area contributed by atoms with Crippen molar-refractivity contribution in [3.8, 4) is 0 Å². The molecule has 0 rings (SSSR count). The van der Waals surface area contributed by atoms with Crippen molar-refractivity contribution in [2.24, 2.45) is 11.8 Å². The van der Waals surface area contributed by atoms with Crippen LogP contribution in [0.1, 0.15) is 38.5 Å². The third-order valence-electron chi connectivity index (χ3n) is 7.07. The van der Waals surface area contributed by atoms with Crippen LogP contribution in [0.2, 0.25) is 0 Å². The first-order valence-electron chi connectivity index (χ1n) is 11.8. The molecule has 0 aromatic carbocycles. The van der Waals surface area contributed by atoms with Gasteiger partial charge in [0.25, 0.3) is 22.4 Å². The fourth-order valence-electron chi connectivity index (χ4n) is 4.26. The Hall–Kier alpha value is -1.84. The molecule has 28 heteroatoms. The van der Waals surface area contributed by atoms with E-state index in [4.69, 9.17) is 0 Å². The van der Waals surface area contributed by atoms with Gasteiger partial charge in [0.15, 0.2) is 0 Å². The highest BCUT2D eigenvalue weighted by Gasteiger charge is 2.76. The van der Waals surface area contributed by atoms with Crippen molar-refractivity contribution in [3.05, 3.63) is 0 Å². The van der Waals surface area contributed by atoms with Gasteiger partial charge < -0.3 is 20.4 Å². The molecule has 290 valence electrons. The van der Waals surface area contributed by atoms with Gasteiger partial charge in [0, 0.05) is 0 Å². The van der Waals surface area contributed by atoms with E-state index in [0.717, 1.165) is 0 Å². The largest absolute Gasteiger partial charge is 0.426 e. The lowest BCUT2D eigenvalue weighted by molar-refractivity contribution is -0.386. The summed E-state index contributed by atoms with van der Waals surface area (Å²) in [6.07, 6.45) is -77.0. The highest BCUT2D eigenvalue weighted by Crippen LogP contribution is 2.55. The van der Waals surface area contributed by atoms with Gasteiger partial charge >= 0.3 is 49.4 Å². The molecule has 0 saturated carbocycles. The van der Waals surface area contributed by atoms with Gasteiger partial charge in [0.1, 0.15) is 0 Å². The summed E-state index contributed by atoms with van der Waals surface area (Å²) in [5, 5.41) is 37.0. The first-order valence-corrected chi connectivity index (χ1v) is 11.8. The summed E-state index contributed by atoms with van der Waals surface area (Å²) in [6, 6.07) is 0. The van der Waals surface area contributed by atoms with Gasteiger partial charge in [-0.05, 0) is 50.4 Å². The Bertz CT molecular complexity index is 833. The lowest BCUT2D eigenvalue weighted by Gasteiger charge is -2.41. The van der Waals surface area contributed by atoms with Gasteiger partial charge in [-0.2, -0.15) is 105 Å². The number of alkyl halides is 24. The quantitative estimate of drug-likeness (QED) is 0.161. The normalized spacial score (nSPS) is 16.4. The second-order valence-corrected chi connectivity index (χ2v) is 10.5. The lowest BCUT2D eigenvalue weighted by atomic mass is 9.74. The maximum absolute atomic E-state index is 13.2. The monoisotopic (exact) mass is 778 g/mol. The van der Waals surface area contributed by atoms with E-state index in [1.807, 2.05) is 0 Å². The molecule has 0 radical (unpaired) electrons. The molecule has 0 aliphatic rings. The van der Waals surface area contributed by atoms with Crippen LogP contribution in [0, 0.1) is 11.8 Å². The minimum atomic E-state index is -7.17. The predicted molar refractivity (Wildman–Crippen MR) is 103 cm³/mol. The molecular weight excluding hydrogens is 760 g/mol. The summed E-state index contributed by atoms with van der Waals surface area (Å²) in [7, 11) is 0. The van der Waals surface area contributed by atoms with Gasteiger partial charge in [-0.3, -0.25) is 0 Å². The van der Waals surface area contributed by atoms with E-state index in [1.54, 1.807) is 0 Å². The molecule has 4 N–H and O–H groups in total.